The number of anilines is 1. The van der Waals surface area contributed by atoms with Gasteiger partial charge in [-0.2, -0.15) is 0 Å². The highest BCUT2D eigenvalue weighted by Crippen LogP contribution is 2.22. The lowest BCUT2D eigenvalue weighted by Crippen LogP contribution is -2.20. The van der Waals surface area contributed by atoms with E-state index in [0.717, 1.165) is 20.7 Å². The zero-order valence-corrected chi connectivity index (χ0v) is 12.1. The fraction of sp³-hybridized carbons (Fsp3) is 0.143. The smallest absolute Gasteiger partial charge is 0.0636 e. The van der Waals surface area contributed by atoms with E-state index in [-0.39, 0.29) is 6.04 Å². The molecule has 4 heteroatoms. The van der Waals surface area contributed by atoms with Gasteiger partial charge in [0.1, 0.15) is 0 Å². The third kappa shape index (κ3) is 3.48. The minimum atomic E-state index is 0.0601. The van der Waals surface area contributed by atoms with Crippen LogP contribution in [0.1, 0.15) is 11.6 Å². The van der Waals surface area contributed by atoms with Crippen LogP contribution in [0.4, 0.5) is 5.69 Å². The summed E-state index contributed by atoms with van der Waals surface area (Å²) in [5, 5.41) is 4.12. The van der Waals surface area contributed by atoms with Crippen LogP contribution < -0.4 is 11.1 Å². The highest BCUT2D eigenvalue weighted by molar-refractivity contribution is 9.10. The summed E-state index contributed by atoms with van der Waals surface area (Å²) in [5.74, 6) is 0. The maximum atomic E-state index is 5.99. The first kappa shape index (κ1) is 13.4. The summed E-state index contributed by atoms with van der Waals surface area (Å²) >= 11 is 9.41. The molecular formula is C14H14BrClN2. The van der Waals surface area contributed by atoms with E-state index in [1.165, 1.54) is 0 Å². The van der Waals surface area contributed by atoms with Crippen LogP contribution >= 0.6 is 27.5 Å². The molecule has 2 rings (SSSR count). The van der Waals surface area contributed by atoms with Crippen molar-refractivity contribution in [2.45, 2.75) is 6.04 Å². The van der Waals surface area contributed by atoms with E-state index in [2.05, 4.69) is 21.2 Å². The summed E-state index contributed by atoms with van der Waals surface area (Å²) < 4.78 is 1.06. The topological polar surface area (TPSA) is 38.0 Å². The van der Waals surface area contributed by atoms with Crippen molar-refractivity contribution < 1.29 is 0 Å². The lowest BCUT2D eigenvalue weighted by atomic mass is 10.1. The monoisotopic (exact) mass is 324 g/mol. The molecule has 0 aromatic heterocycles. The molecule has 18 heavy (non-hydrogen) atoms. The first-order valence-corrected chi connectivity index (χ1v) is 6.84. The summed E-state index contributed by atoms with van der Waals surface area (Å²) in [6.07, 6.45) is 0. The Morgan fingerprint density at radius 2 is 1.89 bits per heavy atom. The molecule has 1 atom stereocenters. The van der Waals surface area contributed by atoms with Crippen molar-refractivity contribution >= 4 is 33.2 Å². The molecule has 0 aliphatic carbocycles. The molecule has 0 saturated carbocycles. The second kappa shape index (κ2) is 6.23. The van der Waals surface area contributed by atoms with E-state index >= 15 is 0 Å². The minimum Gasteiger partial charge on any atom is -0.377 e. The molecule has 0 saturated heterocycles. The zero-order chi connectivity index (χ0) is 13.0. The highest BCUT2D eigenvalue weighted by atomic mass is 79.9. The molecule has 2 nitrogen and oxygen atoms in total. The summed E-state index contributed by atoms with van der Waals surface area (Å²) in [7, 11) is 0. The average Bonchev–Trinajstić information content (AvgIpc) is 2.38. The Bertz CT molecular complexity index is 513. The molecule has 94 valence electrons. The van der Waals surface area contributed by atoms with Crippen LogP contribution in [-0.2, 0) is 0 Å². The van der Waals surface area contributed by atoms with Gasteiger partial charge in [-0.15, -0.1) is 0 Å². The molecule has 2 aromatic carbocycles. The maximum absolute atomic E-state index is 5.99. The number of hydrogen-bond acceptors (Lipinski definition) is 2. The normalized spacial score (nSPS) is 12.2. The molecule has 1 unspecified atom stereocenters. The second-order valence-electron chi connectivity index (χ2n) is 3.99. The molecule has 0 aliphatic heterocycles. The van der Waals surface area contributed by atoms with Crippen LogP contribution in [-0.4, -0.2) is 6.54 Å². The van der Waals surface area contributed by atoms with Gasteiger partial charge in [-0.25, -0.2) is 0 Å². The van der Waals surface area contributed by atoms with Crippen molar-refractivity contribution in [3.63, 3.8) is 0 Å². The summed E-state index contributed by atoms with van der Waals surface area (Å²) in [4.78, 5) is 0. The first-order chi connectivity index (χ1) is 8.69. The van der Waals surface area contributed by atoms with Gasteiger partial charge in [-0.1, -0.05) is 39.7 Å². The highest BCUT2D eigenvalue weighted by Gasteiger charge is 2.09. The van der Waals surface area contributed by atoms with E-state index in [9.17, 15) is 0 Å². The molecule has 0 fully saturated rings. The standard InChI is InChI=1S/C14H14BrClN2/c15-11-4-6-13(7-5-11)18-14(9-17)10-2-1-3-12(16)8-10/h1-8,14,18H,9,17H2. The van der Waals surface area contributed by atoms with E-state index in [1.54, 1.807) is 0 Å². The van der Waals surface area contributed by atoms with Crippen LogP contribution in [0.2, 0.25) is 5.02 Å². The van der Waals surface area contributed by atoms with Crippen molar-refractivity contribution in [3.05, 3.63) is 63.6 Å². The lowest BCUT2D eigenvalue weighted by Gasteiger charge is -2.19. The number of benzene rings is 2. The van der Waals surface area contributed by atoms with Gasteiger partial charge in [-0.05, 0) is 42.0 Å². The van der Waals surface area contributed by atoms with Gasteiger partial charge in [-0.3, -0.25) is 0 Å². The quantitative estimate of drug-likeness (QED) is 0.883. The van der Waals surface area contributed by atoms with E-state index in [4.69, 9.17) is 17.3 Å². The van der Waals surface area contributed by atoms with Gasteiger partial charge < -0.3 is 11.1 Å². The number of rotatable bonds is 4. The van der Waals surface area contributed by atoms with Crippen molar-refractivity contribution in [2.75, 3.05) is 11.9 Å². The third-order valence-corrected chi connectivity index (χ3v) is 3.44. The Morgan fingerprint density at radius 3 is 2.50 bits per heavy atom. The Kier molecular flexibility index (Phi) is 4.64. The van der Waals surface area contributed by atoms with Crippen molar-refractivity contribution in [1.29, 1.82) is 0 Å². The lowest BCUT2D eigenvalue weighted by molar-refractivity contribution is 0.790. The van der Waals surface area contributed by atoms with Crippen molar-refractivity contribution in [1.82, 2.24) is 0 Å². The van der Waals surface area contributed by atoms with E-state index in [1.807, 2.05) is 48.5 Å². The molecule has 0 amide bonds. The summed E-state index contributed by atoms with van der Waals surface area (Å²) in [6, 6.07) is 15.8. The van der Waals surface area contributed by atoms with Crippen LogP contribution in [0.3, 0.4) is 0 Å². The predicted molar refractivity (Wildman–Crippen MR) is 81.0 cm³/mol. The number of nitrogens with one attached hydrogen (secondary N) is 1. The fourth-order valence-electron chi connectivity index (χ4n) is 1.75. The van der Waals surface area contributed by atoms with Crippen LogP contribution in [0.15, 0.2) is 53.0 Å². The van der Waals surface area contributed by atoms with Gasteiger partial charge in [0, 0.05) is 21.7 Å². The Balaban J connectivity index is 2.17. The van der Waals surface area contributed by atoms with Gasteiger partial charge >= 0.3 is 0 Å². The summed E-state index contributed by atoms with van der Waals surface area (Å²) in [6.45, 7) is 0.510. The van der Waals surface area contributed by atoms with Gasteiger partial charge in [0.2, 0.25) is 0 Å². The predicted octanol–water partition coefficient (Wildman–Crippen LogP) is 4.21. The SMILES string of the molecule is NCC(Nc1ccc(Br)cc1)c1cccc(Cl)c1. The molecule has 0 spiro atoms. The molecule has 2 aromatic rings. The minimum absolute atomic E-state index is 0.0601. The molecule has 0 bridgehead atoms. The molecule has 0 heterocycles. The number of hydrogen-bond donors (Lipinski definition) is 2. The number of nitrogens with two attached hydrogens (primary N) is 1. The third-order valence-electron chi connectivity index (χ3n) is 2.67. The Hall–Kier alpha value is -1.03. The van der Waals surface area contributed by atoms with Gasteiger partial charge in [0.25, 0.3) is 0 Å². The first-order valence-electron chi connectivity index (χ1n) is 5.66. The van der Waals surface area contributed by atoms with E-state index < -0.39 is 0 Å². The summed E-state index contributed by atoms with van der Waals surface area (Å²) in [5.41, 5.74) is 7.94. The molecule has 0 aliphatic rings. The maximum Gasteiger partial charge on any atom is 0.0636 e. The average molecular weight is 326 g/mol. The van der Waals surface area contributed by atoms with E-state index in [0.29, 0.717) is 6.54 Å². The van der Waals surface area contributed by atoms with Crippen LogP contribution in [0.25, 0.3) is 0 Å². The zero-order valence-electron chi connectivity index (χ0n) is 9.74. The van der Waals surface area contributed by atoms with Crippen LogP contribution in [0.5, 0.6) is 0 Å². The van der Waals surface area contributed by atoms with Crippen LogP contribution in [0, 0.1) is 0 Å². The number of halogens is 2. The Morgan fingerprint density at radius 1 is 1.17 bits per heavy atom. The molecular weight excluding hydrogens is 312 g/mol. The fourth-order valence-corrected chi connectivity index (χ4v) is 2.21. The van der Waals surface area contributed by atoms with Crippen molar-refractivity contribution in [2.24, 2.45) is 5.73 Å². The van der Waals surface area contributed by atoms with Crippen molar-refractivity contribution in [3.8, 4) is 0 Å². The molecule has 0 radical (unpaired) electrons. The van der Waals surface area contributed by atoms with Gasteiger partial charge in [0.05, 0.1) is 6.04 Å². The second-order valence-corrected chi connectivity index (χ2v) is 5.35. The Labute approximate surface area is 120 Å². The van der Waals surface area contributed by atoms with Gasteiger partial charge in [0.15, 0.2) is 0 Å². The largest absolute Gasteiger partial charge is 0.377 e. The molecule has 3 N–H and O–H groups in total.